The van der Waals surface area contributed by atoms with Gasteiger partial charge in [-0.1, -0.05) is 23.7 Å². The summed E-state index contributed by atoms with van der Waals surface area (Å²) in [5, 5.41) is 10.8. The summed E-state index contributed by atoms with van der Waals surface area (Å²) in [6, 6.07) is 12.0. The molecule has 0 aliphatic carbocycles. The molecule has 0 atom stereocenters. The minimum atomic E-state index is -0.509. The van der Waals surface area contributed by atoms with Crippen molar-refractivity contribution >= 4 is 28.3 Å². The smallest absolute Gasteiger partial charge is 0.302 e. The Labute approximate surface area is 124 Å². The molecular formula is C14H10ClN3O3. The minimum Gasteiger partial charge on any atom is -0.424 e. The number of rotatable bonds is 3. The van der Waals surface area contributed by atoms with Crippen LogP contribution in [-0.2, 0) is 7.05 Å². The highest BCUT2D eigenvalue weighted by Gasteiger charge is 2.14. The van der Waals surface area contributed by atoms with Gasteiger partial charge in [0.2, 0.25) is 0 Å². The van der Waals surface area contributed by atoms with Crippen LogP contribution in [0.15, 0.2) is 42.5 Å². The van der Waals surface area contributed by atoms with E-state index >= 15 is 0 Å². The number of ether oxygens (including phenoxy) is 1. The molecule has 106 valence electrons. The van der Waals surface area contributed by atoms with Crippen molar-refractivity contribution in [2.75, 3.05) is 0 Å². The van der Waals surface area contributed by atoms with Gasteiger partial charge in [0.05, 0.1) is 21.0 Å². The second-order valence-corrected chi connectivity index (χ2v) is 4.82. The third kappa shape index (κ3) is 2.41. The van der Waals surface area contributed by atoms with Crippen molar-refractivity contribution in [3.05, 3.63) is 57.6 Å². The highest BCUT2D eigenvalue weighted by Crippen LogP contribution is 2.32. The summed E-state index contributed by atoms with van der Waals surface area (Å²) >= 11 is 6.01. The van der Waals surface area contributed by atoms with Gasteiger partial charge < -0.3 is 4.74 Å². The summed E-state index contributed by atoms with van der Waals surface area (Å²) in [4.78, 5) is 14.5. The Morgan fingerprint density at radius 3 is 2.71 bits per heavy atom. The highest BCUT2D eigenvalue weighted by molar-refractivity contribution is 6.32. The molecule has 3 rings (SSSR count). The van der Waals surface area contributed by atoms with Crippen LogP contribution in [0.25, 0.3) is 11.0 Å². The summed E-state index contributed by atoms with van der Waals surface area (Å²) in [6.45, 7) is 0. The number of hydrogen-bond acceptors (Lipinski definition) is 4. The van der Waals surface area contributed by atoms with Crippen molar-refractivity contribution in [1.82, 2.24) is 9.55 Å². The number of benzene rings is 2. The van der Waals surface area contributed by atoms with Crippen LogP contribution in [0, 0.1) is 10.1 Å². The van der Waals surface area contributed by atoms with Crippen LogP contribution in [0.4, 0.5) is 5.69 Å². The first-order valence-corrected chi connectivity index (χ1v) is 6.47. The zero-order chi connectivity index (χ0) is 15.0. The van der Waals surface area contributed by atoms with Crippen molar-refractivity contribution in [3.8, 4) is 11.8 Å². The topological polar surface area (TPSA) is 70.2 Å². The standard InChI is InChI=1S/C14H10ClN3O3/c1-17-12-5-3-2-4-11(12)16-14(17)21-13-7-6-9(18(19)20)8-10(13)15/h2-8H,1H3. The Bertz CT molecular complexity index is 845. The molecule has 1 aromatic heterocycles. The molecule has 0 aliphatic heterocycles. The Morgan fingerprint density at radius 2 is 2.05 bits per heavy atom. The molecule has 1 heterocycles. The zero-order valence-electron chi connectivity index (χ0n) is 11.0. The van der Waals surface area contributed by atoms with E-state index in [-0.39, 0.29) is 10.7 Å². The largest absolute Gasteiger partial charge is 0.424 e. The van der Waals surface area contributed by atoms with Crippen LogP contribution < -0.4 is 4.74 Å². The van der Waals surface area contributed by atoms with E-state index in [4.69, 9.17) is 16.3 Å². The molecule has 3 aromatic rings. The van der Waals surface area contributed by atoms with Crippen molar-refractivity contribution in [2.24, 2.45) is 7.05 Å². The lowest BCUT2D eigenvalue weighted by molar-refractivity contribution is -0.384. The van der Waals surface area contributed by atoms with Crippen molar-refractivity contribution < 1.29 is 9.66 Å². The number of para-hydroxylation sites is 2. The van der Waals surface area contributed by atoms with Crippen molar-refractivity contribution in [2.45, 2.75) is 0 Å². The Balaban J connectivity index is 1.99. The average Bonchev–Trinajstić information content (AvgIpc) is 2.78. The van der Waals surface area contributed by atoms with E-state index in [0.29, 0.717) is 11.8 Å². The zero-order valence-corrected chi connectivity index (χ0v) is 11.7. The first-order valence-electron chi connectivity index (χ1n) is 6.09. The summed E-state index contributed by atoms with van der Waals surface area (Å²) in [5.41, 5.74) is 1.64. The summed E-state index contributed by atoms with van der Waals surface area (Å²) in [6.07, 6.45) is 0. The lowest BCUT2D eigenvalue weighted by Gasteiger charge is -2.06. The third-order valence-corrected chi connectivity index (χ3v) is 3.37. The van der Waals surface area contributed by atoms with Gasteiger partial charge in [-0.2, -0.15) is 4.98 Å². The molecule has 0 amide bonds. The molecule has 0 spiro atoms. The lowest BCUT2D eigenvalue weighted by Crippen LogP contribution is -1.95. The number of hydrogen-bond donors (Lipinski definition) is 0. The molecule has 0 bridgehead atoms. The molecule has 0 N–H and O–H groups in total. The van der Waals surface area contributed by atoms with E-state index in [9.17, 15) is 10.1 Å². The first-order chi connectivity index (χ1) is 10.1. The van der Waals surface area contributed by atoms with Gasteiger partial charge in [-0.3, -0.25) is 14.7 Å². The van der Waals surface area contributed by atoms with E-state index in [0.717, 1.165) is 11.0 Å². The van der Waals surface area contributed by atoms with Gasteiger partial charge in [-0.25, -0.2) is 0 Å². The number of nitrogens with zero attached hydrogens (tertiary/aromatic N) is 3. The Kier molecular flexibility index (Phi) is 3.23. The quantitative estimate of drug-likeness (QED) is 0.543. The fourth-order valence-corrected chi connectivity index (χ4v) is 2.21. The SMILES string of the molecule is Cn1c(Oc2ccc([N+](=O)[O-])cc2Cl)nc2ccccc21. The Hall–Kier alpha value is -2.60. The average molecular weight is 304 g/mol. The molecule has 0 fully saturated rings. The molecule has 0 aliphatic rings. The number of halogens is 1. The predicted molar refractivity (Wildman–Crippen MR) is 78.9 cm³/mol. The fraction of sp³-hybridized carbons (Fsp3) is 0.0714. The number of aryl methyl sites for hydroxylation is 1. The van der Waals surface area contributed by atoms with Crippen molar-refractivity contribution in [3.63, 3.8) is 0 Å². The number of nitro groups is 1. The van der Waals surface area contributed by atoms with Gasteiger partial charge in [-0.05, 0) is 18.2 Å². The van der Waals surface area contributed by atoms with Crippen molar-refractivity contribution in [1.29, 1.82) is 0 Å². The summed E-state index contributed by atoms with van der Waals surface area (Å²) < 4.78 is 7.44. The van der Waals surface area contributed by atoms with Crippen LogP contribution in [0.1, 0.15) is 0 Å². The molecule has 0 radical (unpaired) electrons. The molecule has 6 nitrogen and oxygen atoms in total. The van der Waals surface area contributed by atoms with E-state index in [2.05, 4.69) is 4.98 Å². The number of non-ortho nitro benzene ring substituents is 1. The maximum Gasteiger partial charge on any atom is 0.302 e. The highest BCUT2D eigenvalue weighted by atomic mass is 35.5. The summed E-state index contributed by atoms with van der Waals surface area (Å²) in [7, 11) is 1.82. The van der Waals surface area contributed by atoms with Gasteiger partial charge in [0, 0.05) is 19.2 Å². The van der Waals surface area contributed by atoms with Crippen LogP contribution in [0.3, 0.4) is 0 Å². The minimum absolute atomic E-state index is 0.0858. The molecule has 7 heteroatoms. The number of nitro benzene ring substituents is 1. The lowest BCUT2D eigenvalue weighted by atomic mass is 10.3. The van der Waals surface area contributed by atoms with Crippen LogP contribution >= 0.6 is 11.6 Å². The van der Waals surface area contributed by atoms with Crippen LogP contribution in [0.5, 0.6) is 11.8 Å². The normalized spacial score (nSPS) is 10.8. The van der Waals surface area contributed by atoms with Gasteiger partial charge in [-0.15, -0.1) is 0 Å². The monoisotopic (exact) mass is 303 g/mol. The predicted octanol–water partition coefficient (Wildman–Crippen LogP) is 3.93. The second-order valence-electron chi connectivity index (χ2n) is 4.42. The molecule has 0 saturated carbocycles. The number of aromatic nitrogens is 2. The van der Waals surface area contributed by atoms with E-state index < -0.39 is 4.92 Å². The Morgan fingerprint density at radius 1 is 1.29 bits per heavy atom. The number of imidazole rings is 1. The van der Waals surface area contributed by atoms with E-state index in [1.54, 1.807) is 4.57 Å². The van der Waals surface area contributed by atoms with Crippen LogP contribution in [-0.4, -0.2) is 14.5 Å². The summed E-state index contributed by atoms with van der Waals surface area (Å²) in [5.74, 6) is 0.320. The molecule has 0 saturated heterocycles. The maximum atomic E-state index is 10.7. The molecule has 2 aromatic carbocycles. The first kappa shape index (κ1) is 13.4. The van der Waals surface area contributed by atoms with Gasteiger partial charge in [0.15, 0.2) is 0 Å². The second kappa shape index (κ2) is 5.06. The fourth-order valence-electron chi connectivity index (χ4n) is 2.00. The van der Waals surface area contributed by atoms with E-state index in [1.807, 2.05) is 31.3 Å². The van der Waals surface area contributed by atoms with E-state index in [1.165, 1.54) is 18.2 Å². The van der Waals surface area contributed by atoms with Crippen LogP contribution in [0.2, 0.25) is 5.02 Å². The molecule has 21 heavy (non-hydrogen) atoms. The molecule has 0 unspecified atom stereocenters. The van der Waals surface area contributed by atoms with Gasteiger partial charge in [0.1, 0.15) is 5.75 Å². The van der Waals surface area contributed by atoms with Gasteiger partial charge >= 0.3 is 6.01 Å². The van der Waals surface area contributed by atoms with Gasteiger partial charge in [0.25, 0.3) is 5.69 Å². The third-order valence-electron chi connectivity index (χ3n) is 3.07. The maximum absolute atomic E-state index is 10.7. The molecular weight excluding hydrogens is 294 g/mol. The number of fused-ring (bicyclic) bond motifs is 1.